The number of ketones is 3. The van der Waals surface area contributed by atoms with E-state index in [-0.39, 0.29) is 41.6 Å². The zero-order chi connectivity index (χ0) is 32.1. The Morgan fingerprint density at radius 3 is 2.05 bits per heavy atom. The van der Waals surface area contributed by atoms with Gasteiger partial charge in [-0.05, 0) is 68.2 Å². The van der Waals surface area contributed by atoms with Gasteiger partial charge < -0.3 is 20.4 Å². The third-order valence-corrected chi connectivity index (χ3v) is 10.2. The molecule has 7 nitrogen and oxygen atoms in total. The van der Waals surface area contributed by atoms with Gasteiger partial charge in [0.1, 0.15) is 22.8 Å². The second kappa shape index (κ2) is 9.65. The summed E-state index contributed by atoms with van der Waals surface area (Å²) in [5, 5.41) is 47.4. The number of benzene rings is 2. The van der Waals surface area contributed by atoms with Crippen molar-refractivity contribution < 1.29 is 34.8 Å². The zero-order valence-electron chi connectivity index (χ0n) is 26.5. The Kier molecular flexibility index (Phi) is 6.90. The van der Waals surface area contributed by atoms with Gasteiger partial charge in [-0.2, -0.15) is 0 Å². The first-order valence-corrected chi connectivity index (χ1v) is 15.0. The van der Waals surface area contributed by atoms with Crippen molar-refractivity contribution in [1.29, 1.82) is 0 Å². The summed E-state index contributed by atoms with van der Waals surface area (Å²) in [6.07, 6.45) is 0.332. The van der Waals surface area contributed by atoms with Gasteiger partial charge >= 0.3 is 0 Å². The van der Waals surface area contributed by atoms with Gasteiger partial charge in [-0.25, -0.2) is 0 Å². The Morgan fingerprint density at radius 2 is 1.53 bits per heavy atom. The minimum absolute atomic E-state index is 0.00791. The van der Waals surface area contributed by atoms with Crippen LogP contribution in [0.5, 0.6) is 5.75 Å². The number of aliphatic hydroxyl groups excluding tert-OH is 2. The maximum atomic E-state index is 14.6. The highest BCUT2D eigenvalue weighted by atomic mass is 16.3. The molecular weight excluding hydrogens is 544 g/mol. The molecule has 0 amide bonds. The number of hydrogen-bond donors (Lipinski definition) is 4. The number of carbonyl (C=O) groups excluding carboxylic acids is 3. The van der Waals surface area contributed by atoms with Gasteiger partial charge in [-0.15, -0.1) is 0 Å². The van der Waals surface area contributed by atoms with Crippen molar-refractivity contribution >= 4 is 23.1 Å². The number of carbonyl (C=O) groups is 3. The van der Waals surface area contributed by atoms with Crippen molar-refractivity contribution in [3.63, 3.8) is 0 Å². The number of aromatic hydroxyl groups is 1. The molecule has 2 aromatic rings. The van der Waals surface area contributed by atoms with Crippen LogP contribution in [0.2, 0.25) is 0 Å². The van der Waals surface area contributed by atoms with Crippen LogP contribution in [-0.2, 0) is 20.8 Å². The monoisotopic (exact) mass is 586 g/mol. The molecule has 1 fully saturated rings. The van der Waals surface area contributed by atoms with Crippen LogP contribution in [0.25, 0.3) is 16.9 Å². The number of fused-ring (bicyclic) bond motifs is 3. The Bertz CT molecular complexity index is 1670. The molecule has 0 bridgehead atoms. The fraction of sp³-hybridized carbons (Fsp3) is 0.472. The molecule has 0 aromatic heterocycles. The number of phenols is 1. The third-order valence-electron chi connectivity index (χ3n) is 10.2. The molecule has 3 aliphatic rings. The highest BCUT2D eigenvalue weighted by molar-refractivity contribution is 6.24. The molecule has 0 aliphatic heterocycles. The van der Waals surface area contributed by atoms with Crippen molar-refractivity contribution in [1.82, 2.24) is 0 Å². The summed E-state index contributed by atoms with van der Waals surface area (Å²) in [5.41, 5.74) is -0.794. The first-order valence-electron chi connectivity index (χ1n) is 15.0. The lowest BCUT2D eigenvalue weighted by atomic mass is 9.43. The second-order valence-electron chi connectivity index (χ2n) is 14.2. The van der Waals surface area contributed by atoms with Crippen LogP contribution in [0.1, 0.15) is 88.6 Å². The van der Waals surface area contributed by atoms with E-state index in [4.69, 9.17) is 0 Å². The predicted molar refractivity (Wildman–Crippen MR) is 165 cm³/mol. The normalized spacial score (nSPS) is 28.8. The molecule has 4 atom stereocenters. The second-order valence-corrected chi connectivity index (χ2v) is 14.2. The van der Waals surface area contributed by atoms with E-state index in [1.54, 1.807) is 20.8 Å². The Labute approximate surface area is 253 Å². The van der Waals surface area contributed by atoms with Gasteiger partial charge in [0.25, 0.3) is 0 Å². The first-order chi connectivity index (χ1) is 19.8. The largest absolute Gasteiger partial charge is 0.508 e. The average molecular weight is 587 g/mol. The molecule has 0 saturated heterocycles. The van der Waals surface area contributed by atoms with E-state index in [0.717, 1.165) is 29.2 Å². The van der Waals surface area contributed by atoms with Gasteiger partial charge in [-0.1, -0.05) is 70.9 Å². The van der Waals surface area contributed by atoms with Crippen molar-refractivity contribution in [2.75, 3.05) is 0 Å². The Balaban J connectivity index is 1.86. The first kappa shape index (κ1) is 30.7. The number of Topliss-reactive ketones (excluding diaryl/α,β-unsaturated/α-hetero) is 3. The van der Waals surface area contributed by atoms with E-state index < -0.39 is 56.8 Å². The van der Waals surface area contributed by atoms with Gasteiger partial charge in [0.05, 0.1) is 5.56 Å². The van der Waals surface area contributed by atoms with Crippen molar-refractivity contribution in [2.45, 2.75) is 86.7 Å². The number of phenolic OH excluding ortho intramolecular Hbond substituents is 1. The van der Waals surface area contributed by atoms with Gasteiger partial charge in [-0.3, -0.25) is 14.4 Å². The maximum absolute atomic E-state index is 14.6. The summed E-state index contributed by atoms with van der Waals surface area (Å²) in [5.74, 6) is -5.17. The van der Waals surface area contributed by atoms with Crippen molar-refractivity contribution in [3.05, 3.63) is 69.0 Å². The standard InChI is InChI=1S/C36H42O7/c1-16(2)22-13-23(21-11-18(5)10-19(6)12-21)29(38)26-24(22)14-34(8)15-35(9)27(17(3)4)30(39)25(20(7)37)32(41)36(35,43)33(42)28(34)31(26)40/h10-13,16-17,27,38,40-41,43H,14-15H2,1-9H3/t27?,34-,35-,36+/m1/s1. The molecule has 1 saturated carbocycles. The van der Waals surface area contributed by atoms with Gasteiger partial charge in [0, 0.05) is 27.9 Å². The van der Waals surface area contributed by atoms with Crippen LogP contribution in [0.4, 0.5) is 0 Å². The molecule has 228 valence electrons. The van der Waals surface area contributed by atoms with E-state index >= 15 is 0 Å². The summed E-state index contributed by atoms with van der Waals surface area (Å²) >= 11 is 0. The SMILES string of the molecule is CC(=O)C1=C(O)[C@]2(O)C(=O)C3=C(O)c4c(O)c(-c5cc(C)cc(C)c5)cc(C(C)C)c4C[C@]3(C)C[C@]2(C)C(C(C)C)C1=O. The molecule has 5 rings (SSSR count). The van der Waals surface area contributed by atoms with E-state index in [1.165, 1.54) is 0 Å². The zero-order valence-corrected chi connectivity index (χ0v) is 26.5. The predicted octanol–water partition coefficient (Wildman–Crippen LogP) is 6.60. The highest BCUT2D eigenvalue weighted by Gasteiger charge is 2.72. The van der Waals surface area contributed by atoms with Gasteiger partial charge in [0.2, 0.25) is 5.78 Å². The molecule has 0 spiro atoms. The summed E-state index contributed by atoms with van der Waals surface area (Å²) in [6.45, 7) is 16.2. The molecule has 0 radical (unpaired) electrons. The lowest BCUT2D eigenvalue weighted by molar-refractivity contribution is -0.178. The van der Waals surface area contributed by atoms with Crippen LogP contribution in [0.3, 0.4) is 0 Å². The number of allylic oxidation sites excluding steroid dienone is 1. The molecule has 3 aliphatic carbocycles. The lowest BCUT2D eigenvalue weighted by Crippen LogP contribution is -2.69. The van der Waals surface area contributed by atoms with Crippen LogP contribution in [-0.4, -0.2) is 43.4 Å². The number of rotatable bonds is 4. The molecule has 2 aromatic carbocycles. The minimum atomic E-state index is -2.63. The highest BCUT2D eigenvalue weighted by Crippen LogP contribution is 2.65. The van der Waals surface area contributed by atoms with Crippen LogP contribution >= 0.6 is 0 Å². The molecule has 43 heavy (non-hydrogen) atoms. The van der Waals surface area contributed by atoms with Crippen molar-refractivity contribution in [2.24, 2.45) is 22.7 Å². The third kappa shape index (κ3) is 4.00. The van der Waals surface area contributed by atoms with E-state index in [1.807, 2.05) is 58.9 Å². The lowest BCUT2D eigenvalue weighted by Gasteiger charge is -2.60. The van der Waals surface area contributed by atoms with Crippen LogP contribution < -0.4 is 0 Å². The molecule has 4 N–H and O–H groups in total. The summed E-state index contributed by atoms with van der Waals surface area (Å²) in [4.78, 5) is 40.9. The van der Waals surface area contributed by atoms with E-state index in [9.17, 15) is 34.8 Å². The van der Waals surface area contributed by atoms with E-state index in [2.05, 4.69) is 0 Å². The maximum Gasteiger partial charge on any atom is 0.203 e. The Hall–Kier alpha value is -3.71. The quantitative estimate of drug-likeness (QED) is 0.297. The molecule has 7 heteroatoms. The summed E-state index contributed by atoms with van der Waals surface area (Å²) in [6, 6.07) is 7.88. The fourth-order valence-electron chi connectivity index (χ4n) is 8.68. The summed E-state index contributed by atoms with van der Waals surface area (Å²) < 4.78 is 0. The summed E-state index contributed by atoms with van der Waals surface area (Å²) in [7, 11) is 0. The minimum Gasteiger partial charge on any atom is -0.508 e. The number of aryl methyl sites for hydroxylation is 2. The topological polar surface area (TPSA) is 132 Å². The Morgan fingerprint density at radius 1 is 0.953 bits per heavy atom. The van der Waals surface area contributed by atoms with E-state index in [0.29, 0.717) is 11.1 Å². The molecule has 1 unspecified atom stereocenters. The average Bonchev–Trinajstić information content (AvgIpc) is 2.85. The smallest absolute Gasteiger partial charge is 0.203 e. The number of hydrogen-bond acceptors (Lipinski definition) is 7. The van der Waals surface area contributed by atoms with Crippen LogP contribution in [0.15, 0.2) is 41.2 Å². The fourth-order valence-corrected chi connectivity index (χ4v) is 8.68. The van der Waals surface area contributed by atoms with Crippen molar-refractivity contribution in [3.8, 4) is 16.9 Å². The molecular formula is C36H42O7. The molecule has 0 heterocycles. The van der Waals surface area contributed by atoms with Crippen LogP contribution in [0, 0.1) is 36.5 Å². The number of aliphatic hydroxyl groups is 3. The van der Waals surface area contributed by atoms with Gasteiger partial charge in [0.15, 0.2) is 17.2 Å².